The lowest BCUT2D eigenvalue weighted by atomic mass is 9.75. The number of rotatable bonds is 8. The molecule has 1 saturated carbocycles. The van der Waals surface area contributed by atoms with Crippen LogP contribution in [0.2, 0.25) is 0 Å². The number of carbonyl (C=O) groups is 3. The number of benzene rings is 1. The summed E-state index contributed by atoms with van der Waals surface area (Å²) < 4.78 is 6.39. The Morgan fingerprint density at radius 2 is 1.97 bits per heavy atom. The van der Waals surface area contributed by atoms with Crippen molar-refractivity contribution in [3.05, 3.63) is 58.9 Å². The third-order valence-corrected chi connectivity index (χ3v) is 9.36. The van der Waals surface area contributed by atoms with E-state index in [0.717, 1.165) is 34.1 Å². The molecule has 202 valence electrons. The van der Waals surface area contributed by atoms with Gasteiger partial charge in [0, 0.05) is 35.4 Å². The van der Waals surface area contributed by atoms with Crippen molar-refractivity contribution in [2.75, 3.05) is 0 Å². The molecule has 0 spiro atoms. The molecule has 4 atom stereocenters. The van der Waals surface area contributed by atoms with Crippen molar-refractivity contribution in [1.29, 1.82) is 0 Å². The smallest absolute Gasteiger partial charge is 0.255 e. The number of nitrogens with zero attached hydrogens (tertiary/aromatic N) is 2. The Morgan fingerprint density at radius 1 is 1.13 bits per heavy atom. The molecule has 3 heterocycles. The molecule has 0 bridgehead atoms. The first-order chi connectivity index (χ1) is 18.3. The molecule has 2 aromatic rings. The molecule has 4 unspecified atom stereocenters. The standard InChI is InChI=1S/C30H37N3O4S/c1-18(2)22-10-7-19(3)13-26(22)37-16-20-8-9-21(31-14-20)17-38-27-6-4-5-23-24(27)15-33(30(23)36)25-11-12-28(34)32-29(25)35/h4-6,8-9,14,18-19,22,25-26H,7,10-13,15-17H2,1-3H3,(H,32,34,35). The number of hydrogen-bond acceptors (Lipinski definition) is 6. The van der Waals surface area contributed by atoms with E-state index < -0.39 is 6.04 Å². The average molecular weight is 536 g/mol. The van der Waals surface area contributed by atoms with Gasteiger partial charge in [-0.25, -0.2) is 0 Å². The first-order valence-corrected chi connectivity index (χ1v) is 14.7. The lowest BCUT2D eigenvalue weighted by Gasteiger charge is -2.37. The normalized spacial score (nSPS) is 25.6. The zero-order chi connectivity index (χ0) is 26.8. The van der Waals surface area contributed by atoms with Crippen LogP contribution in [0, 0.1) is 17.8 Å². The fraction of sp³-hybridized carbons (Fsp3) is 0.533. The lowest BCUT2D eigenvalue weighted by Crippen LogP contribution is -2.52. The molecule has 7 nitrogen and oxygen atoms in total. The SMILES string of the molecule is CC1CCC(C(C)C)C(OCc2ccc(CSc3cccc4c3CN(C3CCC(=O)NC3=O)C4=O)nc2)C1. The number of aromatic nitrogens is 1. The van der Waals surface area contributed by atoms with E-state index in [1.807, 2.05) is 24.4 Å². The van der Waals surface area contributed by atoms with E-state index in [-0.39, 0.29) is 24.1 Å². The molecule has 1 N–H and O–H groups in total. The number of pyridine rings is 1. The Morgan fingerprint density at radius 3 is 2.71 bits per heavy atom. The molecule has 8 heteroatoms. The highest BCUT2D eigenvalue weighted by atomic mass is 32.2. The van der Waals surface area contributed by atoms with Gasteiger partial charge in [0.1, 0.15) is 6.04 Å². The summed E-state index contributed by atoms with van der Waals surface area (Å²) in [5.41, 5.74) is 3.63. The third-order valence-electron chi connectivity index (χ3n) is 8.23. The van der Waals surface area contributed by atoms with Gasteiger partial charge in [0.05, 0.1) is 18.4 Å². The Labute approximate surface area is 229 Å². The number of imide groups is 1. The Hall–Kier alpha value is -2.71. The van der Waals surface area contributed by atoms with Crippen LogP contribution in [0.15, 0.2) is 41.4 Å². The van der Waals surface area contributed by atoms with Crippen LogP contribution in [-0.4, -0.2) is 39.8 Å². The maximum Gasteiger partial charge on any atom is 0.255 e. The molecular weight excluding hydrogens is 498 g/mol. The van der Waals surface area contributed by atoms with Gasteiger partial charge in [-0.05, 0) is 66.3 Å². The van der Waals surface area contributed by atoms with Gasteiger partial charge in [-0.2, -0.15) is 0 Å². The zero-order valence-electron chi connectivity index (χ0n) is 22.4. The Kier molecular flexibility index (Phi) is 8.19. The van der Waals surface area contributed by atoms with Crippen LogP contribution < -0.4 is 5.32 Å². The molecule has 1 saturated heterocycles. The van der Waals surface area contributed by atoms with Gasteiger partial charge in [0.2, 0.25) is 11.8 Å². The number of thioether (sulfide) groups is 1. The van der Waals surface area contributed by atoms with Gasteiger partial charge in [-0.15, -0.1) is 11.8 Å². The van der Waals surface area contributed by atoms with Crippen molar-refractivity contribution in [3.63, 3.8) is 0 Å². The molecule has 1 aromatic carbocycles. The third kappa shape index (κ3) is 5.81. The summed E-state index contributed by atoms with van der Waals surface area (Å²) in [6, 6.07) is 9.27. The van der Waals surface area contributed by atoms with Gasteiger partial charge in [-0.3, -0.25) is 24.7 Å². The maximum atomic E-state index is 13.1. The first kappa shape index (κ1) is 26.9. The van der Waals surface area contributed by atoms with E-state index in [9.17, 15) is 14.4 Å². The van der Waals surface area contributed by atoms with Crippen LogP contribution >= 0.6 is 11.8 Å². The fourth-order valence-electron chi connectivity index (χ4n) is 5.98. The van der Waals surface area contributed by atoms with Crippen molar-refractivity contribution in [3.8, 4) is 0 Å². The van der Waals surface area contributed by atoms with Gasteiger partial charge in [0.15, 0.2) is 0 Å². The molecule has 2 aliphatic heterocycles. The predicted molar refractivity (Wildman–Crippen MR) is 146 cm³/mol. The highest BCUT2D eigenvalue weighted by molar-refractivity contribution is 7.98. The van der Waals surface area contributed by atoms with Crippen molar-refractivity contribution in [2.24, 2.45) is 17.8 Å². The van der Waals surface area contributed by atoms with E-state index >= 15 is 0 Å². The Balaban J connectivity index is 1.18. The molecule has 5 rings (SSSR count). The van der Waals surface area contributed by atoms with Crippen LogP contribution in [0.3, 0.4) is 0 Å². The number of piperidine rings is 1. The van der Waals surface area contributed by atoms with Crippen LogP contribution in [0.1, 0.15) is 80.1 Å². The second-order valence-electron chi connectivity index (χ2n) is 11.3. The molecule has 38 heavy (non-hydrogen) atoms. The summed E-state index contributed by atoms with van der Waals surface area (Å²) in [5, 5.41) is 2.36. The summed E-state index contributed by atoms with van der Waals surface area (Å²) in [6.07, 6.45) is 6.53. The molecule has 3 amide bonds. The molecule has 2 fully saturated rings. The maximum absolute atomic E-state index is 13.1. The molecular formula is C30H37N3O4S. The predicted octanol–water partition coefficient (Wildman–Crippen LogP) is 5.11. The van der Waals surface area contributed by atoms with E-state index in [1.54, 1.807) is 16.7 Å². The van der Waals surface area contributed by atoms with E-state index in [4.69, 9.17) is 4.74 Å². The fourth-order valence-corrected chi connectivity index (χ4v) is 6.98. The van der Waals surface area contributed by atoms with Gasteiger partial charge < -0.3 is 9.64 Å². The number of fused-ring (bicyclic) bond motifs is 1. The summed E-state index contributed by atoms with van der Waals surface area (Å²) >= 11 is 1.65. The summed E-state index contributed by atoms with van der Waals surface area (Å²) in [5.74, 6) is 1.85. The topological polar surface area (TPSA) is 88.6 Å². The number of amides is 3. The van der Waals surface area contributed by atoms with Crippen LogP contribution in [0.5, 0.6) is 0 Å². The largest absolute Gasteiger partial charge is 0.373 e. The minimum Gasteiger partial charge on any atom is -0.373 e. The lowest BCUT2D eigenvalue weighted by molar-refractivity contribution is -0.136. The van der Waals surface area contributed by atoms with Gasteiger partial charge in [0.25, 0.3) is 5.91 Å². The number of nitrogens with one attached hydrogen (secondary N) is 1. The minimum atomic E-state index is -0.602. The second-order valence-corrected chi connectivity index (χ2v) is 12.3. The van der Waals surface area contributed by atoms with Gasteiger partial charge >= 0.3 is 0 Å². The van der Waals surface area contributed by atoms with Crippen LogP contribution in [0.25, 0.3) is 0 Å². The number of ether oxygens (including phenoxy) is 1. The molecule has 1 aromatic heterocycles. The van der Waals surface area contributed by atoms with E-state index in [2.05, 4.69) is 43.2 Å². The number of carbonyl (C=O) groups excluding carboxylic acids is 3. The summed E-state index contributed by atoms with van der Waals surface area (Å²) in [4.78, 5) is 44.3. The second kappa shape index (κ2) is 11.6. The minimum absolute atomic E-state index is 0.147. The van der Waals surface area contributed by atoms with Crippen molar-refractivity contribution >= 4 is 29.5 Å². The van der Waals surface area contributed by atoms with E-state index in [1.165, 1.54) is 12.8 Å². The summed E-state index contributed by atoms with van der Waals surface area (Å²) in [7, 11) is 0. The highest BCUT2D eigenvalue weighted by Gasteiger charge is 2.39. The molecule has 1 aliphatic carbocycles. The zero-order valence-corrected chi connectivity index (χ0v) is 23.3. The van der Waals surface area contributed by atoms with Crippen molar-refractivity contribution in [2.45, 2.75) is 88.8 Å². The first-order valence-electron chi connectivity index (χ1n) is 13.7. The average Bonchev–Trinajstić information content (AvgIpc) is 3.23. The Bertz CT molecular complexity index is 1200. The molecule has 0 radical (unpaired) electrons. The van der Waals surface area contributed by atoms with Crippen LogP contribution in [-0.2, 0) is 33.2 Å². The van der Waals surface area contributed by atoms with Crippen molar-refractivity contribution < 1.29 is 19.1 Å². The van der Waals surface area contributed by atoms with E-state index in [0.29, 0.717) is 48.8 Å². The molecule has 3 aliphatic rings. The van der Waals surface area contributed by atoms with Crippen molar-refractivity contribution in [1.82, 2.24) is 15.2 Å². The van der Waals surface area contributed by atoms with Crippen LogP contribution in [0.4, 0.5) is 0 Å². The highest BCUT2D eigenvalue weighted by Crippen LogP contribution is 2.37. The number of hydrogen-bond donors (Lipinski definition) is 1. The summed E-state index contributed by atoms with van der Waals surface area (Å²) in [6.45, 7) is 7.90. The van der Waals surface area contributed by atoms with Gasteiger partial charge in [-0.1, -0.05) is 39.3 Å². The monoisotopic (exact) mass is 535 g/mol. The quantitative estimate of drug-likeness (QED) is 0.373.